The van der Waals surface area contributed by atoms with Crippen LogP contribution in [0.3, 0.4) is 0 Å². The van der Waals surface area contributed by atoms with Crippen molar-refractivity contribution in [2.24, 2.45) is 0 Å². The highest BCUT2D eigenvalue weighted by atomic mass is 35.5. The maximum absolute atomic E-state index is 12.0. The third-order valence-electron chi connectivity index (χ3n) is 3.89. The Hall–Kier alpha value is -3.38. The smallest absolute Gasteiger partial charge is 0.316 e. The lowest BCUT2D eigenvalue weighted by Crippen LogP contribution is -2.22. The van der Waals surface area contributed by atoms with E-state index in [0.717, 1.165) is 11.8 Å². The number of nitro groups is 1. The van der Waals surface area contributed by atoms with Crippen molar-refractivity contribution in [3.8, 4) is 11.6 Å². The predicted octanol–water partition coefficient (Wildman–Crippen LogP) is 3.39. The van der Waals surface area contributed by atoms with Gasteiger partial charge in [-0.15, -0.1) is 10.2 Å². The van der Waals surface area contributed by atoms with E-state index in [4.69, 9.17) is 20.8 Å². The summed E-state index contributed by atoms with van der Waals surface area (Å²) in [5, 5.41) is 22.2. The molecule has 0 aliphatic carbocycles. The van der Waals surface area contributed by atoms with Gasteiger partial charge in [0, 0.05) is 17.6 Å². The number of hydrogen-bond donors (Lipinski definition) is 1. The number of esters is 1. The molecule has 0 aliphatic heterocycles. The second-order valence-corrected chi connectivity index (χ2v) is 7.32. The first-order valence-corrected chi connectivity index (χ1v) is 10.2. The molecule has 0 unspecified atom stereocenters. The Morgan fingerprint density at radius 1 is 1.35 bits per heavy atom. The summed E-state index contributed by atoms with van der Waals surface area (Å²) in [6, 6.07) is 7.23. The van der Waals surface area contributed by atoms with Crippen molar-refractivity contribution in [3.05, 3.63) is 51.7 Å². The Morgan fingerprint density at radius 2 is 2.16 bits per heavy atom. The van der Waals surface area contributed by atoms with Gasteiger partial charge in [-0.05, 0) is 31.2 Å². The molecule has 3 rings (SSSR count). The largest absolute Gasteiger partial charge is 0.461 e. The van der Waals surface area contributed by atoms with Crippen molar-refractivity contribution in [1.82, 2.24) is 14.8 Å². The van der Waals surface area contributed by atoms with Gasteiger partial charge in [-0.3, -0.25) is 24.3 Å². The van der Waals surface area contributed by atoms with Gasteiger partial charge in [-0.2, -0.15) is 0 Å². The molecule has 1 aromatic carbocycles. The number of furan rings is 1. The minimum atomic E-state index is -0.736. The number of nitro benzene ring substituents is 1. The van der Waals surface area contributed by atoms with Crippen molar-refractivity contribution in [2.75, 3.05) is 17.7 Å². The summed E-state index contributed by atoms with van der Waals surface area (Å²) in [6.07, 6.45) is 1.53. The molecule has 162 valence electrons. The number of carbonyl (C=O) groups is 2. The standard InChI is InChI=1S/C18H16ClN5O6S/c1-2-23-17(14-4-3-7-29-14)21-22-18(23)31-10-16(26)30-9-15(25)20-12-8-11(19)5-6-13(12)24(27)28/h3-8H,2,9-10H2,1H3,(H,20,25). The Bertz CT molecular complexity index is 1100. The van der Waals surface area contributed by atoms with E-state index < -0.39 is 23.4 Å². The molecule has 0 saturated heterocycles. The lowest BCUT2D eigenvalue weighted by atomic mass is 10.2. The maximum atomic E-state index is 12.0. The van der Waals surface area contributed by atoms with Gasteiger partial charge < -0.3 is 14.5 Å². The van der Waals surface area contributed by atoms with Crippen LogP contribution in [0.2, 0.25) is 5.02 Å². The molecule has 0 spiro atoms. The number of amides is 1. The molecule has 1 N–H and O–H groups in total. The highest BCUT2D eigenvalue weighted by Crippen LogP contribution is 2.27. The number of hydrogen-bond acceptors (Lipinski definition) is 9. The lowest BCUT2D eigenvalue weighted by Gasteiger charge is -2.08. The van der Waals surface area contributed by atoms with Crippen LogP contribution in [0.4, 0.5) is 11.4 Å². The molecule has 0 atom stereocenters. The SMILES string of the molecule is CCn1c(SCC(=O)OCC(=O)Nc2cc(Cl)ccc2[N+](=O)[O-])nnc1-c1ccco1. The topological polar surface area (TPSA) is 142 Å². The zero-order valence-electron chi connectivity index (χ0n) is 16.1. The second-order valence-electron chi connectivity index (χ2n) is 5.94. The van der Waals surface area contributed by atoms with Crippen LogP contribution in [0.5, 0.6) is 0 Å². The highest BCUT2D eigenvalue weighted by Gasteiger charge is 2.19. The van der Waals surface area contributed by atoms with Gasteiger partial charge >= 0.3 is 5.97 Å². The molecule has 3 aromatic rings. The molecule has 0 saturated carbocycles. The molecular weight excluding hydrogens is 450 g/mol. The van der Waals surface area contributed by atoms with Crippen molar-refractivity contribution < 1.29 is 23.7 Å². The molecule has 2 aromatic heterocycles. The number of rotatable bonds is 9. The van der Waals surface area contributed by atoms with Gasteiger partial charge in [0.1, 0.15) is 5.69 Å². The average Bonchev–Trinajstić information content (AvgIpc) is 3.39. The monoisotopic (exact) mass is 465 g/mol. The minimum Gasteiger partial charge on any atom is -0.461 e. The van der Waals surface area contributed by atoms with Crippen molar-refractivity contribution in [2.45, 2.75) is 18.6 Å². The molecule has 0 radical (unpaired) electrons. The third-order valence-corrected chi connectivity index (χ3v) is 5.06. The van der Waals surface area contributed by atoms with Gasteiger partial charge in [0.05, 0.1) is 16.9 Å². The number of halogens is 1. The highest BCUT2D eigenvalue weighted by molar-refractivity contribution is 7.99. The maximum Gasteiger partial charge on any atom is 0.316 e. The first-order valence-electron chi connectivity index (χ1n) is 8.88. The Labute approximate surface area is 184 Å². The fourth-order valence-corrected chi connectivity index (χ4v) is 3.51. The van der Waals surface area contributed by atoms with Crippen molar-refractivity contribution >= 4 is 46.6 Å². The summed E-state index contributed by atoms with van der Waals surface area (Å²) < 4.78 is 12.0. The Balaban J connectivity index is 1.53. The molecule has 13 heteroatoms. The number of anilines is 1. The van der Waals surface area contributed by atoms with E-state index in [-0.39, 0.29) is 22.2 Å². The van der Waals surface area contributed by atoms with E-state index in [9.17, 15) is 19.7 Å². The molecule has 0 fully saturated rings. The molecular formula is C18H16ClN5O6S. The molecule has 31 heavy (non-hydrogen) atoms. The zero-order valence-corrected chi connectivity index (χ0v) is 17.7. The van der Waals surface area contributed by atoms with E-state index in [2.05, 4.69) is 15.5 Å². The van der Waals surface area contributed by atoms with Crippen LogP contribution >= 0.6 is 23.4 Å². The molecule has 0 aliphatic rings. The van der Waals surface area contributed by atoms with Crippen LogP contribution in [0.1, 0.15) is 6.92 Å². The number of benzene rings is 1. The number of carbonyl (C=O) groups excluding carboxylic acids is 2. The predicted molar refractivity (Wildman–Crippen MR) is 112 cm³/mol. The van der Waals surface area contributed by atoms with Crippen molar-refractivity contribution in [3.63, 3.8) is 0 Å². The summed E-state index contributed by atoms with van der Waals surface area (Å²) in [5.41, 5.74) is -0.416. The van der Waals surface area contributed by atoms with Crippen LogP contribution in [0.15, 0.2) is 46.2 Å². The third kappa shape index (κ3) is 5.61. The van der Waals surface area contributed by atoms with Crippen LogP contribution in [0.25, 0.3) is 11.6 Å². The molecule has 2 heterocycles. The minimum absolute atomic E-state index is 0.0885. The fourth-order valence-electron chi connectivity index (χ4n) is 2.53. The summed E-state index contributed by atoms with van der Waals surface area (Å²) in [5.74, 6) is -0.422. The molecule has 1 amide bonds. The number of nitrogens with zero attached hydrogens (tertiary/aromatic N) is 4. The summed E-state index contributed by atoms with van der Waals surface area (Å²) in [6.45, 7) is 1.85. The Morgan fingerprint density at radius 3 is 2.84 bits per heavy atom. The summed E-state index contributed by atoms with van der Waals surface area (Å²) in [7, 11) is 0. The second kappa shape index (κ2) is 10.1. The van der Waals surface area contributed by atoms with Crippen LogP contribution < -0.4 is 5.32 Å². The van der Waals surface area contributed by atoms with E-state index in [1.165, 1.54) is 24.5 Å². The van der Waals surface area contributed by atoms with Gasteiger partial charge in [-0.25, -0.2) is 0 Å². The quantitative estimate of drug-likeness (QED) is 0.217. The van der Waals surface area contributed by atoms with Gasteiger partial charge in [-0.1, -0.05) is 23.4 Å². The number of ether oxygens (including phenoxy) is 1. The number of aromatic nitrogens is 3. The van der Waals surface area contributed by atoms with Gasteiger partial charge in [0.15, 0.2) is 23.3 Å². The van der Waals surface area contributed by atoms with E-state index in [1.807, 2.05) is 6.92 Å². The van der Waals surface area contributed by atoms with Gasteiger partial charge in [0.25, 0.3) is 11.6 Å². The van der Waals surface area contributed by atoms with Crippen LogP contribution in [-0.2, 0) is 20.9 Å². The van der Waals surface area contributed by atoms with Crippen molar-refractivity contribution in [1.29, 1.82) is 0 Å². The molecule has 11 nitrogen and oxygen atoms in total. The first kappa shape index (κ1) is 22.3. The van der Waals surface area contributed by atoms with E-state index in [0.29, 0.717) is 23.3 Å². The number of nitrogens with one attached hydrogen (secondary N) is 1. The Kier molecular flexibility index (Phi) is 7.26. The zero-order chi connectivity index (χ0) is 22.4. The summed E-state index contributed by atoms with van der Waals surface area (Å²) in [4.78, 5) is 34.4. The van der Waals surface area contributed by atoms with Crippen LogP contribution in [0, 0.1) is 10.1 Å². The average molecular weight is 466 g/mol. The normalized spacial score (nSPS) is 10.6. The van der Waals surface area contributed by atoms with Crippen LogP contribution in [-0.4, -0.2) is 43.9 Å². The van der Waals surface area contributed by atoms with E-state index >= 15 is 0 Å². The summed E-state index contributed by atoms with van der Waals surface area (Å²) >= 11 is 6.91. The lowest BCUT2D eigenvalue weighted by molar-refractivity contribution is -0.383. The van der Waals surface area contributed by atoms with E-state index in [1.54, 1.807) is 16.7 Å². The fraction of sp³-hybridized carbons (Fsp3) is 0.222. The van der Waals surface area contributed by atoms with Gasteiger partial charge in [0.2, 0.25) is 0 Å². The first-order chi connectivity index (χ1) is 14.9. The molecule has 0 bridgehead atoms. The number of thioether (sulfide) groups is 1.